The number of benzene rings is 1. The fraction of sp³-hybridized carbons (Fsp3) is 0.250. The smallest absolute Gasteiger partial charge is 0.124 e. The predicted octanol–water partition coefficient (Wildman–Crippen LogP) is 3.46. The maximum absolute atomic E-state index is 9.11. The zero-order valence-electron chi connectivity index (χ0n) is 9.31. The number of thiazole rings is 1. The molecule has 0 radical (unpaired) electrons. The van der Waals surface area contributed by atoms with Crippen molar-refractivity contribution in [2.75, 3.05) is 6.61 Å². The van der Waals surface area contributed by atoms with E-state index >= 15 is 0 Å². The average molecular weight is 314 g/mol. The molecule has 5 heteroatoms. The molecule has 3 nitrogen and oxygen atoms in total. The van der Waals surface area contributed by atoms with Crippen molar-refractivity contribution < 1.29 is 9.84 Å². The lowest BCUT2D eigenvalue weighted by Crippen LogP contribution is -1.91. The minimum atomic E-state index is -0.0533. The Morgan fingerprint density at radius 3 is 2.94 bits per heavy atom. The van der Waals surface area contributed by atoms with Crippen molar-refractivity contribution in [3.8, 4) is 16.3 Å². The lowest BCUT2D eigenvalue weighted by atomic mass is 10.2. The van der Waals surface area contributed by atoms with E-state index in [-0.39, 0.29) is 6.61 Å². The van der Waals surface area contributed by atoms with Gasteiger partial charge in [-0.3, -0.25) is 0 Å². The van der Waals surface area contributed by atoms with Gasteiger partial charge in [-0.15, -0.1) is 11.3 Å². The molecule has 90 valence electrons. The van der Waals surface area contributed by atoms with Gasteiger partial charge in [0, 0.05) is 5.56 Å². The zero-order chi connectivity index (χ0) is 12.3. The number of rotatable bonds is 4. The van der Waals surface area contributed by atoms with Gasteiger partial charge in [0.05, 0.1) is 22.7 Å². The monoisotopic (exact) mass is 313 g/mol. The number of aromatic nitrogens is 1. The van der Waals surface area contributed by atoms with Crippen LogP contribution in [0.15, 0.2) is 28.1 Å². The summed E-state index contributed by atoms with van der Waals surface area (Å²) in [5.41, 5.74) is 1.67. The highest BCUT2D eigenvalue weighted by atomic mass is 79.9. The third-order valence-corrected chi connectivity index (χ3v) is 4.07. The van der Waals surface area contributed by atoms with Crippen molar-refractivity contribution in [1.82, 2.24) is 4.98 Å². The number of hydrogen-bond acceptors (Lipinski definition) is 4. The number of halogens is 1. The fourth-order valence-corrected chi connectivity index (χ4v) is 2.91. The van der Waals surface area contributed by atoms with Gasteiger partial charge in [0.15, 0.2) is 0 Å². The molecule has 1 N–H and O–H groups in total. The number of hydrogen-bond donors (Lipinski definition) is 1. The summed E-state index contributed by atoms with van der Waals surface area (Å²) in [6.45, 7) is 2.55. The molecule has 0 spiro atoms. The van der Waals surface area contributed by atoms with Crippen LogP contribution in [0.5, 0.6) is 5.75 Å². The largest absolute Gasteiger partial charge is 0.494 e. The van der Waals surface area contributed by atoms with E-state index in [1.807, 2.05) is 31.2 Å². The molecule has 0 aliphatic carbocycles. The molecule has 0 saturated carbocycles. The summed E-state index contributed by atoms with van der Waals surface area (Å²) in [5, 5.41) is 9.98. The molecule has 1 heterocycles. The molecular formula is C12H12BrNO2S. The van der Waals surface area contributed by atoms with Gasteiger partial charge in [-0.05, 0) is 35.0 Å². The molecule has 0 unspecified atom stereocenters. The minimum Gasteiger partial charge on any atom is -0.494 e. The Balaban J connectivity index is 2.34. The van der Waals surface area contributed by atoms with Crippen LogP contribution >= 0.6 is 27.3 Å². The van der Waals surface area contributed by atoms with Crippen LogP contribution in [-0.2, 0) is 6.61 Å². The highest BCUT2D eigenvalue weighted by molar-refractivity contribution is 9.11. The Kier molecular flexibility index (Phi) is 4.15. The van der Waals surface area contributed by atoms with Crippen LogP contribution in [-0.4, -0.2) is 16.7 Å². The van der Waals surface area contributed by atoms with E-state index in [2.05, 4.69) is 20.9 Å². The van der Waals surface area contributed by atoms with E-state index in [1.54, 1.807) is 0 Å². The van der Waals surface area contributed by atoms with Gasteiger partial charge >= 0.3 is 0 Å². The predicted molar refractivity (Wildman–Crippen MR) is 72.3 cm³/mol. The number of ether oxygens (including phenoxy) is 1. The first-order valence-corrected chi connectivity index (χ1v) is 6.84. The average Bonchev–Trinajstić information content (AvgIpc) is 2.71. The van der Waals surface area contributed by atoms with Crippen LogP contribution in [0, 0.1) is 0 Å². The molecule has 0 saturated heterocycles. The van der Waals surface area contributed by atoms with Crippen LogP contribution in [0.1, 0.15) is 12.6 Å². The van der Waals surface area contributed by atoms with Gasteiger partial charge in [-0.25, -0.2) is 4.98 Å². The Morgan fingerprint density at radius 2 is 2.29 bits per heavy atom. The summed E-state index contributed by atoms with van der Waals surface area (Å²) >= 11 is 4.90. The Bertz CT molecular complexity index is 513. The second-order valence-corrected chi connectivity index (χ2v) is 5.68. The van der Waals surface area contributed by atoms with Crippen molar-refractivity contribution >= 4 is 27.3 Å². The molecular weight excluding hydrogens is 302 g/mol. The van der Waals surface area contributed by atoms with Crippen molar-refractivity contribution in [1.29, 1.82) is 0 Å². The fourth-order valence-electron chi connectivity index (χ4n) is 1.44. The highest BCUT2D eigenvalue weighted by Gasteiger charge is 2.10. The molecule has 2 aromatic rings. The summed E-state index contributed by atoms with van der Waals surface area (Å²) < 4.78 is 6.32. The molecule has 1 aromatic carbocycles. The topological polar surface area (TPSA) is 42.4 Å². The summed E-state index contributed by atoms with van der Waals surface area (Å²) in [5.74, 6) is 0.835. The summed E-state index contributed by atoms with van der Waals surface area (Å²) in [7, 11) is 0. The number of aliphatic hydroxyl groups is 1. The lowest BCUT2D eigenvalue weighted by Gasteiger charge is -2.03. The van der Waals surface area contributed by atoms with Gasteiger partial charge in [-0.1, -0.05) is 12.1 Å². The van der Waals surface area contributed by atoms with Gasteiger partial charge < -0.3 is 9.84 Å². The summed E-state index contributed by atoms with van der Waals surface area (Å²) in [4.78, 5) is 4.37. The summed E-state index contributed by atoms with van der Waals surface area (Å²) in [6.07, 6.45) is 0. The second-order valence-electron chi connectivity index (χ2n) is 3.36. The quantitative estimate of drug-likeness (QED) is 0.940. The summed E-state index contributed by atoms with van der Waals surface area (Å²) in [6, 6.07) is 7.79. The maximum atomic E-state index is 9.11. The molecule has 0 aliphatic heterocycles. The Morgan fingerprint density at radius 1 is 1.47 bits per heavy atom. The van der Waals surface area contributed by atoms with E-state index < -0.39 is 0 Å². The van der Waals surface area contributed by atoms with Crippen molar-refractivity contribution in [2.45, 2.75) is 13.5 Å². The van der Waals surface area contributed by atoms with Crippen molar-refractivity contribution in [2.24, 2.45) is 0 Å². The van der Waals surface area contributed by atoms with E-state index in [1.165, 1.54) is 11.3 Å². The van der Waals surface area contributed by atoms with Gasteiger partial charge in [-0.2, -0.15) is 0 Å². The van der Waals surface area contributed by atoms with E-state index in [4.69, 9.17) is 9.84 Å². The normalized spacial score (nSPS) is 10.5. The Hall–Kier alpha value is -0.910. The first-order valence-electron chi connectivity index (χ1n) is 5.24. The molecule has 1 aromatic heterocycles. The SMILES string of the molecule is CCOc1cccc(-c2nc(CO)c(Br)s2)c1. The highest BCUT2D eigenvalue weighted by Crippen LogP contribution is 2.33. The number of aliphatic hydroxyl groups excluding tert-OH is 1. The van der Waals surface area contributed by atoms with Crippen molar-refractivity contribution in [3.05, 3.63) is 33.7 Å². The minimum absolute atomic E-state index is 0.0533. The first-order chi connectivity index (χ1) is 8.24. The van der Waals surface area contributed by atoms with E-state index in [0.717, 1.165) is 20.1 Å². The van der Waals surface area contributed by atoms with E-state index in [9.17, 15) is 0 Å². The van der Waals surface area contributed by atoms with Crippen molar-refractivity contribution in [3.63, 3.8) is 0 Å². The molecule has 0 amide bonds. The molecule has 0 fully saturated rings. The zero-order valence-corrected chi connectivity index (χ0v) is 11.7. The molecule has 0 bridgehead atoms. The number of nitrogens with zero attached hydrogens (tertiary/aromatic N) is 1. The maximum Gasteiger partial charge on any atom is 0.124 e. The van der Waals surface area contributed by atoms with Gasteiger partial charge in [0.2, 0.25) is 0 Å². The standard InChI is InChI=1S/C12H12BrNO2S/c1-2-16-9-5-3-4-8(6-9)12-14-10(7-15)11(13)17-12/h3-6,15H,2,7H2,1H3. The van der Waals surface area contributed by atoms with E-state index in [0.29, 0.717) is 12.3 Å². The molecule has 2 rings (SSSR count). The molecule has 0 atom stereocenters. The van der Waals surface area contributed by atoms with Crippen LogP contribution in [0.25, 0.3) is 10.6 Å². The second kappa shape index (κ2) is 5.62. The third-order valence-electron chi connectivity index (χ3n) is 2.19. The van der Waals surface area contributed by atoms with Gasteiger partial charge in [0.25, 0.3) is 0 Å². The van der Waals surface area contributed by atoms with Crippen LogP contribution in [0.4, 0.5) is 0 Å². The van der Waals surface area contributed by atoms with Gasteiger partial charge in [0.1, 0.15) is 10.8 Å². The molecule has 17 heavy (non-hydrogen) atoms. The molecule has 0 aliphatic rings. The van der Waals surface area contributed by atoms with Crippen LogP contribution in [0.3, 0.4) is 0 Å². The van der Waals surface area contributed by atoms with Crippen LogP contribution in [0.2, 0.25) is 0 Å². The lowest BCUT2D eigenvalue weighted by molar-refractivity contribution is 0.277. The van der Waals surface area contributed by atoms with Crippen LogP contribution < -0.4 is 4.74 Å². The third kappa shape index (κ3) is 2.86. The Labute approximate surface area is 112 Å². The first kappa shape index (κ1) is 12.5.